The van der Waals surface area contributed by atoms with Crippen LogP contribution in [0.4, 0.5) is 8.78 Å². The molecule has 0 amide bonds. The van der Waals surface area contributed by atoms with E-state index in [1.165, 1.54) is 12.1 Å². The second-order valence-corrected chi connectivity index (χ2v) is 11.1. The summed E-state index contributed by atoms with van der Waals surface area (Å²) in [5.41, 5.74) is 0.874. The third-order valence-corrected chi connectivity index (χ3v) is 8.90. The van der Waals surface area contributed by atoms with Crippen molar-refractivity contribution in [3.05, 3.63) is 82.1 Å². The lowest BCUT2D eigenvalue weighted by atomic mass is 10.2. The summed E-state index contributed by atoms with van der Waals surface area (Å²) < 4.78 is 80.7. The van der Waals surface area contributed by atoms with E-state index in [-0.39, 0.29) is 4.90 Å². The van der Waals surface area contributed by atoms with Crippen LogP contribution in [-0.4, -0.2) is 23.4 Å². The molecule has 0 saturated heterocycles. The summed E-state index contributed by atoms with van der Waals surface area (Å²) in [6.07, 6.45) is 0. The maximum atomic E-state index is 13.9. The zero-order valence-corrected chi connectivity index (χ0v) is 17.6. The molecule has 3 aromatic rings. The van der Waals surface area contributed by atoms with Gasteiger partial charge in [0.1, 0.15) is 21.8 Å². The van der Waals surface area contributed by atoms with Gasteiger partial charge in [-0.15, -0.1) is 11.3 Å². The van der Waals surface area contributed by atoms with Gasteiger partial charge in [-0.3, -0.25) is 0 Å². The van der Waals surface area contributed by atoms with Gasteiger partial charge in [-0.05, 0) is 48.7 Å². The molecule has 5 nitrogen and oxygen atoms in total. The number of sulfone groups is 1. The molecule has 2 aromatic carbocycles. The van der Waals surface area contributed by atoms with Crippen molar-refractivity contribution in [1.82, 2.24) is 4.72 Å². The molecule has 0 fully saturated rings. The SMILES string of the molecule is Cc1ccc(S(=O)(=O)[C@@H](CNS(=O)(=O)c2cc(F)ccc2F)c2cccs2)cc1. The van der Waals surface area contributed by atoms with E-state index in [1.54, 1.807) is 29.6 Å². The van der Waals surface area contributed by atoms with Gasteiger partial charge in [0.25, 0.3) is 0 Å². The van der Waals surface area contributed by atoms with Crippen molar-refractivity contribution < 1.29 is 25.6 Å². The second-order valence-electron chi connectivity index (χ2n) is 6.29. The summed E-state index contributed by atoms with van der Waals surface area (Å²) in [6.45, 7) is 1.28. The van der Waals surface area contributed by atoms with E-state index in [0.29, 0.717) is 17.0 Å². The van der Waals surface area contributed by atoms with Crippen LogP contribution in [0.1, 0.15) is 15.7 Å². The fourth-order valence-electron chi connectivity index (χ4n) is 2.68. The van der Waals surface area contributed by atoms with Crippen molar-refractivity contribution in [2.75, 3.05) is 6.54 Å². The second kappa shape index (κ2) is 8.31. The molecule has 1 heterocycles. The number of rotatable bonds is 7. The Bertz CT molecular complexity index is 1210. The van der Waals surface area contributed by atoms with Gasteiger partial charge < -0.3 is 0 Å². The Balaban J connectivity index is 1.95. The molecule has 0 saturated carbocycles. The zero-order valence-electron chi connectivity index (χ0n) is 15.2. The van der Waals surface area contributed by atoms with Crippen LogP contribution in [0.2, 0.25) is 0 Å². The highest BCUT2D eigenvalue weighted by molar-refractivity contribution is 7.92. The molecule has 0 radical (unpaired) electrons. The molecule has 0 aliphatic rings. The van der Waals surface area contributed by atoms with Crippen molar-refractivity contribution >= 4 is 31.2 Å². The predicted octanol–water partition coefficient (Wildman–Crippen LogP) is 3.83. The molecule has 0 aliphatic heterocycles. The number of thiophene rings is 1. The fourth-order valence-corrected chi connectivity index (χ4v) is 6.70. The minimum absolute atomic E-state index is 0.0395. The highest BCUT2D eigenvalue weighted by atomic mass is 32.2. The first-order chi connectivity index (χ1) is 13.6. The summed E-state index contributed by atoms with van der Waals surface area (Å²) in [5, 5.41) is 0.449. The molecule has 1 atom stereocenters. The molecule has 0 bridgehead atoms. The predicted molar refractivity (Wildman–Crippen MR) is 107 cm³/mol. The maximum absolute atomic E-state index is 13.9. The van der Waals surface area contributed by atoms with Crippen LogP contribution in [0.15, 0.2) is 69.8 Å². The van der Waals surface area contributed by atoms with Gasteiger partial charge in [0.05, 0.1) is 4.90 Å². The fraction of sp³-hybridized carbons (Fsp3) is 0.158. The van der Waals surface area contributed by atoms with Crippen molar-refractivity contribution in [2.24, 2.45) is 0 Å². The number of hydrogen-bond acceptors (Lipinski definition) is 5. The van der Waals surface area contributed by atoms with Crippen molar-refractivity contribution in [2.45, 2.75) is 22.0 Å². The number of hydrogen-bond donors (Lipinski definition) is 1. The molecule has 0 aliphatic carbocycles. The monoisotopic (exact) mass is 457 g/mol. The van der Waals surface area contributed by atoms with Crippen molar-refractivity contribution in [3.8, 4) is 0 Å². The number of halogens is 2. The third kappa shape index (κ3) is 4.72. The third-order valence-electron chi connectivity index (χ3n) is 4.23. The van der Waals surface area contributed by atoms with Crippen LogP contribution in [0.5, 0.6) is 0 Å². The average molecular weight is 458 g/mol. The molecular formula is C19H17F2NO4S3. The Morgan fingerprint density at radius 1 is 1.00 bits per heavy atom. The van der Waals surface area contributed by atoms with Gasteiger partial charge in [0.15, 0.2) is 9.84 Å². The lowest BCUT2D eigenvalue weighted by Crippen LogP contribution is -2.32. The lowest BCUT2D eigenvalue weighted by molar-refractivity contribution is 0.544. The molecular weight excluding hydrogens is 440 g/mol. The normalized spacial score (nSPS) is 13.3. The first-order valence-corrected chi connectivity index (χ1v) is 12.3. The van der Waals surface area contributed by atoms with E-state index < -0.39 is 48.2 Å². The lowest BCUT2D eigenvalue weighted by Gasteiger charge is -2.18. The number of nitrogens with one attached hydrogen (secondary N) is 1. The quantitative estimate of drug-likeness (QED) is 0.585. The van der Waals surface area contributed by atoms with E-state index in [2.05, 4.69) is 4.72 Å². The minimum Gasteiger partial charge on any atom is -0.223 e. The van der Waals surface area contributed by atoms with E-state index >= 15 is 0 Å². The zero-order chi connectivity index (χ0) is 21.2. The van der Waals surface area contributed by atoms with E-state index in [4.69, 9.17) is 0 Å². The van der Waals surface area contributed by atoms with Crippen LogP contribution in [0, 0.1) is 18.6 Å². The smallest absolute Gasteiger partial charge is 0.223 e. The van der Waals surface area contributed by atoms with Crippen LogP contribution in [0.3, 0.4) is 0 Å². The Hall–Kier alpha value is -2.14. The molecule has 3 rings (SSSR count). The largest absolute Gasteiger partial charge is 0.243 e. The van der Waals surface area contributed by atoms with Gasteiger partial charge in [0, 0.05) is 11.4 Å². The Kier molecular flexibility index (Phi) is 6.18. The van der Waals surface area contributed by atoms with Gasteiger partial charge >= 0.3 is 0 Å². The van der Waals surface area contributed by atoms with E-state index in [0.717, 1.165) is 23.0 Å². The first-order valence-electron chi connectivity index (χ1n) is 8.40. The van der Waals surface area contributed by atoms with Crippen molar-refractivity contribution in [1.29, 1.82) is 0 Å². The summed E-state index contributed by atoms with van der Waals surface area (Å²) in [5.74, 6) is -2.05. The summed E-state index contributed by atoms with van der Waals surface area (Å²) >= 11 is 1.16. The number of sulfonamides is 1. The Morgan fingerprint density at radius 2 is 1.69 bits per heavy atom. The molecule has 1 aromatic heterocycles. The van der Waals surface area contributed by atoms with Gasteiger partial charge in [0.2, 0.25) is 10.0 Å². The summed E-state index contributed by atoms with van der Waals surface area (Å²) in [4.78, 5) is -0.416. The summed E-state index contributed by atoms with van der Waals surface area (Å²) in [7, 11) is -8.42. The highest BCUT2D eigenvalue weighted by Gasteiger charge is 2.32. The van der Waals surface area contributed by atoms with Crippen LogP contribution >= 0.6 is 11.3 Å². The van der Waals surface area contributed by atoms with Gasteiger partial charge in [-0.25, -0.2) is 30.3 Å². The molecule has 0 spiro atoms. The van der Waals surface area contributed by atoms with Crippen molar-refractivity contribution in [3.63, 3.8) is 0 Å². The van der Waals surface area contributed by atoms with Crippen LogP contribution in [-0.2, 0) is 19.9 Å². The van der Waals surface area contributed by atoms with E-state index in [9.17, 15) is 25.6 Å². The van der Waals surface area contributed by atoms with Gasteiger partial charge in [-0.2, -0.15) is 0 Å². The number of benzene rings is 2. The molecule has 1 N–H and O–H groups in total. The minimum atomic E-state index is -4.47. The summed E-state index contributed by atoms with van der Waals surface area (Å²) in [6, 6.07) is 11.5. The van der Waals surface area contributed by atoms with Gasteiger partial charge in [-0.1, -0.05) is 23.8 Å². The topological polar surface area (TPSA) is 80.3 Å². The van der Waals surface area contributed by atoms with E-state index in [1.807, 2.05) is 6.92 Å². The molecule has 29 heavy (non-hydrogen) atoms. The Morgan fingerprint density at radius 3 is 2.31 bits per heavy atom. The molecule has 10 heteroatoms. The van der Waals surface area contributed by atoms with Crippen LogP contribution in [0.25, 0.3) is 0 Å². The average Bonchev–Trinajstić information content (AvgIpc) is 3.18. The number of aryl methyl sites for hydroxylation is 1. The molecule has 0 unspecified atom stereocenters. The Labute approximate surface area is 172 Å². The highest BCUT2D eigenvalue weighted by Crippen LogP contribution is 2.32. The van der Waals surface area contributed by atoms with Crippen LogP contribution < -0.4 is 4.72 Å². The maximum Gasteiger partial charge on any atom is 0.243 e. The molecule has 154 valence electrons. The standard InChI is InChI=1S/C19H17F2NO4S3/c1-13-4-7-15(8-5-13)28(23,24)19(17-3-2-10-27-17)12-22-29(25,26)18-11-14(20)6-9-16(18)21/h2-11,19,22H,12H2,1H3/t19-/m0/s1. The first kappa shape index (κ1) is 21.6.